The summed E-state index contributed by atoms with van der Waals surface area (Å²) in [5.41, 5.74) is 8.75. The molecule has 1 aromatic rings. The molecule has 0 amide bonds. The van der Waals surface area contributed by atoms with Gasteiger partial charge in [-0.25, -0.2) is 0 Å². The number of ether oxygens (including phenoxy) is 1. The summed E-state index contributed by atoms with van der Waals surface area (Å²) in [4.78, 5) is 0. The van der Waals surface area contributed by atoms with Gasteiger partial charge < -0.3 is 10.5 Å². The van der Waals surface area contributed by atoms with E-state index in [1.54, 1.807) is 0 Å². The molecule has 1 atom stereocenters. The van der Waals surface area contributed by atoms with E-state index in [2.05, 4.69) is 31.2 Å². The Morgan fingerprint density at radius 2 is 1.89 bits per heavy atom. The maximum absolute atomic E-state index is 6.17. The average molecular weight is 247 g/mol. The van der Waals surface area contributed by atoms with Crippen LogP contribution in [-0.4, -0.2) is 12.7 Å². The minimum atomic E-state index is 0.0151. The van der Waals surface area contributed by atoms with Crippen LogP contribution in [0.25, 0.3) is 0 Å². The number of hydrogen-bond donors (Lipinski definition) is 1. The predicted molar refractivity (Wildman–Crippen MR) is 75.6 cm³/mol. The van der Waals surface area contributed by atoms with Crippen molar-refractivity contribution in [3.05, 3.63) is 35.4 Å². The Hall–Kier alpha value is -0.860. The molecule has 0 bridgehead atoms. The predicted octanol–water partition coefficient (Wildman–Crippen LogP) is 3.60. The normalized spacial score (nSPS) is 18.1. The fourth-order valence-electron chi connectivity index (χ4n) is 2.61. The van der Waals surface area contributed by atoms with Gasteiger partial charge in [0.25, 0.3) is 0 Å². The highest BCUT2D eigenvalue weighted by atomic mass is 16.5. The van der Waals surface area contributed by atoms with Crippen molar-refractivity contribution in [2.45, 2.75) is 57.6 Å². The molecule has 2 N–H and O–H groups in total. The van der Waals surface area contributed by atoms with Crippen molar-refractivity contribution in [1.82, 2.24) is 0 Å². The third-order valence-electron chi connectivity index (χ3n) is 3.76. The van der Waals surface area contributed by atoms with Crippen molar-refractivity contribution < 1.29 is 4.74 Å². The molecule has 1 aliphatic rings. The standard InChI is InChI=1S/C16H25NO/c1-2-5-13-8-10-14(11-9-13)16(17)12-18-15-6-3-4-7-15/h8-11,15-16H,2-7,12,17H2,1H3. The van der Waals surface area contributed by atoms with Crippen molar-refractivity contribution in [2.24, 2.45) is 5.73 Å². The topological polar surface area (TPSA) is 35.2 Å². The van der Waals surface area contributed by atoms with E-state index in [0.717, 1.165) is 6.42 Å². The molecule has 1 fully saturated rings. The number of nitrogens with two attached hydrogens (primary N) is 1. The Labute approximate surface area is 111 Å². The summed E-state index contributed by atoms with van der Waals surface area (Å²) < 4.78 is 5.87. The van der Waals surface area contributed by atoms with Crippen molar-refractivity contribution >= 4 is 0 Å². The molecule has 2 rings (SSSR count). The number of aryl methyl sites for hydroxylation is 1. The SMILES string of the molecule is CCCc1ccc(C(N)COC2CCCC2)cc1. The van der Waals surface area contributed by atoms with Gasteiger partial charge in [0, 0.05) is 0 Å². The zero-order chi connectivity index (χ0) is 12.8. The Bertz CT molecular complexity index is 341. The van der Waals surface area contributed by atoms with Crippen LogP contribution >= 0.6 is 0 Å². The minimum absolute atomic E-state index is 0.0151. The van der Waals surface area contributed by atoms with E-state index < -0.39 is 0 Å². The molecule has 2 nitrogen and oxygen atoms in total. The molecular formula is C16H25NO. The van der Waals surface area contributed by atoms with Gasteiger partial charge in [0.1, 0.15) is 0 Å². The van der Waals surface area contributed by atoms with Gasteiger partial charge in [-0.3, -0.25) is 0 Å². The Morgan fingerprint density at radius 3 is 2.50 bits per heavy atom. The second-order valence-electron chi connectivity index (χ2n) is 5.34. The van der Waals surface area contributed by atoms with Crippen LogP contribution in [0.1, 0.15) is 56.2 Å². The quantitative estimate of drug-likeness (QED) is 0.833. The summed E-state index contributed by atoms with van der Waals surface area (Å²) in [5.74, 6) is 0. The molecule has 2 heteroatoms. The van der Waals surface area contributed by atoms with Gasteiger partial charge in [0.2, 0.25) is 0 Å². The molecule has 0 aromatic heterocycles. The second-order valence-corrected chi connectivity index (χ2v) is 5.34. The van der Waals surface area contributed by atoms with Gasteiger partial charge in [-0.1, -0.05) is 50.5 Å². The fourth-order valence-corrected chi connectivity index (χ4v) is 2.61. The lowest BCUT2D eigenvalue weighted by atomic mass is 10.0. The third kappa shape index (κ3) is 3.82. The number of hydrogen-bond acceptors (Lipinski definition) is 2. The third-order valence-corrected chi connectivity index (χ3v) is 3.76. The molecule has 0 aliphatic heterocycles. The van der Waals surface area contributed by atoms with Crippen molar-refractivity contribution in [2.75, 3.05) is 6.61 Å². The van der Waals surface area contributed by atoms with E-state index in [9.17, 15) is 0 Å². The first kappa shape index (κ1) is 13.6. The summed E-state index contributed by atoms with van der Waals surface area (Å²) in [6, 6.07) is 8.69. The number of benzene rings is 1. The molecule has 1 aliphatic carbocycles. The smallest absolute Gasteiger partial charge is 0.0663 e. The van der Waals surface area contributed by atoms with Crippen LogP contribution in [0.4, 0.5) is 0 Å². The first-order valence-electron chi connectivity index (χ1n) is 7.25. The summed E-state index contributed by atoms with van der Waals surface area (Å²) >= 11 is 0. The van der Waals surface area contributed by atoms with Gasteiger partial charge >= 0.3 is 0 Å². The van der Waals surface area contributed by atoms with Gasteiger partial charge in [-0.2, -0.15) is 0 Å². The maximum Gasteiger partial charge on any atom is 0.0663 e. The van der Waals surface area contributed by atoms with Crippen LogP contribution in [0.15, 0.2) is 24.3 Å². The van der Waals surface area contributed by atoms with Crippen LogP contribution in [-0.2, 0) is 11.2 Å². The van der Waals surface area contributed by atoms with Crippen molar-refractivity contribution in [3.63, 3.8) is 0 Å². The van der Waals surface area contributed by atoms with E-state index in [1.165, 1.54) is 43.2 Å². The molecule has 0 heterocycles. The summed E-state index contributed by atoms with van der Waals surface area (Å²) in [7, 11) is 0. The molecule has 0 radical (unpaired) electrons. The molecule has 0 saturated heterocycles. The minimum Gasteiger partial charge on any atom is -0.376 e. The molecule has 0 spiro atoms. The van der Waals surface area contributed by atoms with Crippen LogP contribution in [0.2, 0.25) is 0 Å². The summed E-state index contributed by atoms with van der Waals surface area (Å²) in [6.45, 7) is 2.85. The molecule has 1 saturated carbocycles. The Kier molecular flexibility index (Phi) is 5.21. The molecule has 1 aromatic carbocycles. The zero-order valence-electron chi connectivity index (χ0n) is 11.4. The molecule has 1 unspecified atom stereocenters. The molecule has 100 valence electrons. The van der Waals surface area contributed by atoms with E-state index >= 15 is 0 Å². The van der Waals surface area contributed by atoms with E-state index in [-0.39, 0.29) is 6.04 Å². The highest BCUT2D eigenvalue weighted by Crippen LogP contribution is 2.22. The van der Waals surface area contributed by atoms with Gasteiger partial charge in [-0.05, 0) is 30.4 Å². The number of rotatable bonds is 6. The Morgan fingerprint density at radius 1 is 1.22 bits per heavy atom. The second kappa shape index (κ2) is 6.91. The van der Waals surface area contributed by atoms with Crippen LogP contribution in [0.5, 0.6) is 0 Å². The highest BCUT2D eigenvalue weighted by Gasteiger charge is 2.16. The van der Waals surface area contributed by atoms with Crippen LogP contribution in [0, 0.1) is 0 Å². The lowest BCUT2D eigenvalue weighted by Crippen LogP contribution is -2.20. The Balaban J connectivity index is 1.81. The van der Waals surface area contributed by atoms with Crippen LogP contribution < -0.4 is 5.73 Å². The zero-order valence-corrected chi connectivity index (χ0v) is 11.4. The van der Waals surface area contributed by atoms with E-state index in [0.29, 0.717) is 12.7 Å². The van der Waals surface area contributed by atoms with Gasteiger partial charge in [0.05, 0.1) is 18.8 Å². The van der Waals surface area contributed by atoms with E-state index in [1.807, 2.05) is 0 Å². The summed E-state index contributed by atoms with van der Waals surface area (Å²) in [6.07, 6.45) is 7.83. The lowest BCUT2D eigenvalue weighted by molar-refractivity contribution is 0.0489. The lowest BCUT2D eigenvalue weighted by Gasteiger charge is -2.16. The van der Waals surface area contributed by atoms with Crippen molar-refractivity contribution in [3.8, 4) is 0 Å². The van der Waals surface area contributed by atoms with Gasteiger partial charge in [0.15, 0.2) is 0 Å². The first-order valence-corrected chi connectivity index (χ1v) is 7.25. The fraction of sp³-hybridized carbons (Fsp3) is 0.625. The van der Waals surface area contributed by atoms with Gasteiger partial charge in [-0.15, -0.1) is 0 Å². The molecular weight excluding hydrogens is 222 g/mol. The van der Waals surface area contributed by atoms with E-state index in [4.69, 9.17) is 10.5 Å². The van der Waals surface area contributed by atoms with Crippen LogP contribution in [0.3, 0.4) is 0 Å². The maximum atomic E-state index is 6.17. The van der Waals surface area contributed by atoms with Crippen molar-refractivity contribution in [1.29, 1.82) is 0 Å². The summed E-state index contributed by atoms with van der Waals surface area (Å²) in [5, 5.41) is 0. The monoisotopic (exact) mass is 247 g/mol. The highest BCUT2D eigenvalue weighted by molar-refractivity contribution is 5.25. The first-order chi connectivity index (χ1) is 8.79. The average Bonchev–Trinajstić information content (AvgIpc) is 2.90. The molecule has 18 heavy (non-hydrogen) atoms. The largest absolute Gasteiger partial charge is 0.376 e.